The second kappa shape index (κ2) is 8.77. The molecule has 3 aromatic rings. The Morgan fingerprint density at radius 2 is 1.57 bits per heavy atom. The number of fused-ring (bicyclic) bond motifs is 1. The third-order valence-corrected chi connectivity index (χ3v) is 4.86. The molecule has 0 bridgehead atoms. The van der Waals surface area contributed by atoms with Crippen molar-refractivity contribution in [2.24, 2.45) is 0 Å². The second-order valence-corrected chi connectivity index (χ2v) is 6.85. The molecule has 0 spiro atoms. The second-order valence-electron chi connectivity index (χ2n) is 6.85. The van der Waals surface area contributed by atoms with Gasteiger partial charge in [-0.3, -0.25) is 0 Å². The lowest BCUT2D eigenvalue weighted by molar-refractivity contribution is 0.146. The van der Waals surface area contributed by atoms with E-state index in [4.69, 9.17) is 14.2 Å². The molecular formula is C25H24O3. The van der Waals surface area contributed by atoms with Gasteiger partial charge in [-0.15, -0.1) is 0 Å². The molecule has 3 heteroatoms. The Morgan fingerprint density at radius 3 is 2.36 bits per heavy atom. The fourth-order valence-corrected chi connectivity index (χ4v) is 3.33. The largest absolute Gasteiger partial charge is 0.491 e. The summed E-state index contributed by atoms with van der Waals surface area (Å²) in [6.07, 6.45) is 3.24. The van der Waals surface area contributed by atoms with Gasteiger partial charge in [0.1, 0.15) is 24.7 Å². The number of hydrogen-bond donors (Lipinski definition) is 0. The summed E-state index contributed by atoms with van der Waals surface area (Å²) in [5.41, 5.74) is 6.35. The van der Waals surface area contributed by atoms with Crippen LogP contribution in [-0.2, 0) is 17.8 Å². The summed E-state index contributed by atoms with van der Waals surface area (Å²) in [4.78, 5) is 0. The van der Waals surface area contributed by atoms with Crippen LogP contribution in [0.15, 0.2) is 72.8 Å². The number of benzene rings is 3. The molecule has 142 valence electrons. The number of methoxy groups -OCH3 is 1. The Kier molecular flexibility index (Phi) is 5.74. The SMILES string of the molecule is COCCOc1ccc(COc2ccc3c(c2)C=C(c2ccccc2)C3)cc1. The van der Waals surface area contributed by atoms with Crippen LogP contribution in [0.3, 0.4) is 0 Å². The van der Waals surface area contributed by atoms with E-state index in [0.717, 1.165) is 23.5 Å². The smallest absolute Gasteiger partial charge is 0.120 e. The highest BCUT2D eigenvalue weighted by Crippen LogP contribution is 2.33. The van der Waals surface area contributed by atoms with E-state index in [2.05, 4.69) is 54.6 Å². The zero-order chi connectivity index (χ0) is 19.2. The van der Waals surface area contributed by atoms with Crippen LogP contribution in [0.4, 0.5) is 0 Å². The number of hydrogen-bond acceptors (Lipinski definition) is 3. The van der Waals surface area contributed by atoms with Crippen molar-refractivity contribution in [3.8, 4) is 11.5 Å². The molecule has 1 aliphatic carbocycles. The van der Waals surface area contributed by atoms with Crippen LogP contribution in [0.1, 0.15) is 22.3 Å². The van der Waals surface area contributed by atoms with Crippen LogP contribution in [-0.4, -0.2) is 20.3 Å². The Balaban J connectivity index is 1.37. The molecule has 4 rings (SSSR count). The minimum absolute atomic E-state index is 0.534. The predicted molar refractivity (Wildman–Crippen MR) is 113 cm³/mol. The monoisotopic (exact) mass is 372 g/mol. The van der Waals surface area contributed by atoms with Crippen LogP contribution in [0.5, 0.6) is 11.5 Å². The molecule has 0 N–H and O–H groups in total. The Morgan fingerprint density at radius 1 is 0.786 bits per heavy atom. The highest BCUT2D eigenvalue weighted by Gasteiger charge is 2.14. The molecule has 1 aliphatic rings. The fourth-order valence-electron chi connectivity index (χ4n) is 3.33. The van der Waals surface area contributed by atoms with E-state index in [1.54, 1.807) is 7.11 Å². The van der Waals surface area contributed by atoms with Crippen molar-refractivity contribution in [2.75, 3.05) is 20.3 Å². The summed E-state index contributed by atoms with van der Waals surface area (Å²) in [5.74, 6) is 1.74. The van der Waals surface area contributed by atoms with Gasteiger partial charge in [0.15, 0.2) is 0 Å². The molecule has 0 aliphatic heterocycles. The first-order valence-corrected chi connectivity index (χ1v) is 9.54. The molecular weight excluding hydrogens is 348 g/mol. The fraction of sp³-hybridized carbons (Fsp3) is 0.200. The van der Waals surface area contributed by atoms with Gasteiger partial charge in [-0.2, -0.15) is 0 Å². The van der Waals surface area contributed by atoms with E-state index >= 15 is 0 Å². The molecule has 0 saturated carbocycles. The van der Waals surface area contributed by atoms with Crippen LogP contribution in [0, 0.1) is 0 Å². The maximum Gasteiger partial charge on any atom is 0.120 e. The van der Waals surface area contributed by atoms with E-state index in [9.17, 15) is 0 Å². The van der Waals surface area contributed by atoms with Crippen LogP contribution >= 0.6 is 0 Å². The molecule has 0 radical (unpaired) electrons. The number of ether oxygens (including phenoxy) is 3. The van der Waals surface area contributed by atoms with E-state index in [1.165, 1.54) is 22.3 Å². The van der Waals surface area contributed by atoms with E-state index < -0.39 is 0 Å². The maximum absolute atomic E-state index is 6.01. The van der Waals surface area contributed by atoms with Crippen molar-refractivity contribution >= 4 is 11.6 Å². The molecule has 0 saturated heterocycles. The highest BCUT2D eigenvalue weighted by molar-refractivity contribution is 5.88. The maximum atomic E-state index is 6.01. The molecule has 0 unspecified atom stereocenters. The Labute approximate surface area is 166 Å². The van der Waals surface area contributed by atoms with Gasteiger partial charge in [0, 0.05) is 7.11 Å². The molecule has 0 atom stereocenters. The third kappa shape index (κ3) is 4.44. The topological polar surface area (TPSA) is 27.7 Å². The first-order chi connectivity index (χ1) is 13.8. The third-order valence-electron chi connectivity index (χ3n) is 4.86. The molecule has 0 heterocycles. The van der Waals surface area contributed by atoms with Gasteiger partial charge in [-0.05, 0) is 58.5 Å². The Bertz CT molecular complexity index is 943. The average Bonchev–Trinajstić information content (AvgIpc) is 3.17. The minimum Gasteiger partial charge on any atom is -0.491 e. The summed E-state index contributed by atoms with van der Waals surface area (Å²) in [5, 5.41) is 0. The lowest BCUT2D eigenvalue weighted by atomic mass is 10.0. The van der Waals surface area contributed by atoms with Gasteiger partial charge in [0.05, 0.1) is 6.61 Å². The van der Waals surface area contributed by atoms with Gasteiger partial charge >= 0.3 is 0 Å². The summed E-state index contributed by atoms with van der Waals surface area (Å²) in [6.45, 7) is 1.68. The van der Waals surface area contributed by atoms with Gasteiger partial charge in [0.25, 0.3) is 0 Å². The summed E-state index contributed by atoms with van der Waals surface area (Å²) in [7, 11) is 1.67. The molecule has 0 fully saturated rings. The van der Waals surface area contributed by atoms with Gasteiger partial charge in [-0.25, -0.2) is 0 Å². The quantitative estimate of drug-likeness (QED) is 0.496. The first kappa shape index (κ1) is 18.3. The zero-order valence-corrected chi connectivity index (χ0v) is 16.1. The van der Waals surface area contributed by atoms with Crippen molar-refractivity contribution in [3.63, 3.8) is 0 Å². The van der Waals surface area contributed by atoms with E-state index in [-0.39, 0.29) is 0 Å². The first-order valence-electron chi connectivity index (χ1n) is 9.54. The van der Waals surface area contributed by atoms with Crippen LogP contribution in [0.2, 0.25) is 0 Å². The van der Waals surface area contributed by atoms with Crippen molar-refractivity contribution in [1.82, 2.24) is 0 Å². The lowest BCUT2D eigenvalue weighted by Gasteiger charge is -2.09. The van der Waals surface area contributed by atoms with Crippen LogP contribution in [0.25, 0.3) is 11.6 Å². The summed E-state index contributed by atoms with van der Waals surface area (Å²) in [6, 6.07) is 24.9. The van der Waals surface area contributed by atoms with Crippen molar-refractivity contribution in [3.05, 3.63) is 95.1 Å². The lowest BCUT2D eigenvalue weighted by Crippen LogP contribution is -2.04. The van der Waals surface area contributed by atoms with Crippen molar-refractivity contribution in [1.29, 1.82) is 0 Å². The van der Waals surface area contributed by atoms with Gasteiger partial charge in [0.2, 0.25) is 0 Å². The van der Waals surface area contributed by atoms with E-state index in [1.807, 2.05) is 24.3 Å². The zero-order valence-electron chi connectivity index (χ0n) is 16.1. The van der Waals surface area contributed by atoms with Crippen molar-refractivity contribution < 1.29 is 14.2 Å². The predicted octanol–water partition coefficient (Wildman–Crippen LogP) is 5.39. The average molecular weight is 372 g/mol. The highest BCUT2D eigenvalue weighted by atomic mass is 16.5. The molecule has 3 nitrogen and oxygen atoms in total. The molecule has 28 heavy (non-hydrogen) atoms. The molecule has 3 aromatic carbocycles. The summed E-state index contributed by atoms with van der Waals surface area (Å²) >= 11 is 0. The van der Waals surface area contributed by atoms with Gasteiger partial charge < -0.3 is 14.2 Å². The molecule has 0 aromatic heterocycles. The number of rotatable bonds is 8. The van der Waals surface area contributed by atoms with Crippen LogP contribution < -0.4 is 9.47 Å². The Hall–Kier alpha value is -3.04. The standard InChI is InChI=1S/C25H24O3/c1-26-13-14-27-24-10-7-19(8-11-24)18-28-25-12-9-21-15-22(16-23(21)17-25)20-5-3-2-4-6-20/h2-12,16-17H,13-15,18H2,1H3. The van der Waals surface area contributed by atoms with E-state index in [0.29, 0.717) is 19.8 Å². The molecule has 0 amide bonds. The minimum atomic E-state index is 0.534. The summed E-state index contributed by atoms with van der Waals surface area (Å²) < 4.78 is 16.6. The van der Waals surface area contributed by atoms with Gasteiger partial charge in [-0.1, -0.05) is 54.6 Å². The normalized spacial score (nSPS) is 12.4. The van der Waals surface area contributed by atoms with Crippen molar-refractivity contribution in [2.45, 2.75) is 13.0 Å². The number of allylic oxidation sites excluding steroid dienone is 1.